The van der Waals surface area contributed by atoms with Gasteiger partial charge in [0, 0.05) is 5.69 Å². The van der Waals surface area contributed by atoms with E-state index in [2.05, 4.69) is 5.32 Å². The minimum Gasteiger partial charge on any atom is -0.493 e. The highest BCUT2D eigenvalue weighted by atomic mass is 16.5. The molecule has 3 rings (SSSR count). The molecule has 0 radical (unpaired) electrons. The van der Waals surface area contributed by atoms with Crippen molar-refractivity contribution in [3.63, 3.8) is 0 Å². The first-order valence-corrected chi connectivity index (χ1v) is 10.5. The molecular weight excluding hydrogens is 438 g/mol. The molecule has 0 aromatic heterocycles. The van der Waals surface area contributed by atoms with E-state index in [1.54, 1.807) is 44.2 Å². The minimum atomic E-state index is -0.817. The number of benzene rings is 2. The quantitative estimate of drug-likeness (QED) is 0.570. The average Bonchev–Trinajstić information content (AvgIpc) is 2.83. The van der Waals surface area contributed by atoms with Crippen LogP contribution in [-0.2, 0) is 19.1 Å². The highest BCUT2D eigenvalue weighted by Gasteiger charge is 2.36. The molecule has 2 aromatic carbocycles. The first kappa shape index (κ1) is 24.2. The van der Waals surface area contributed by atoms with Gasteiger partial charge < -0.3 is 30.0 Å². The van der Waals surface area contributed by atoms with Gasteiger partial charge in [0.1, 0.15) is 17.4 Å². The number of carbonyl (C=O) groups excluding carboxylic acids is 2. The Kier molecular flexibility index (Phi) is 7.77. The van der Waals surface area contributed by atoms with Gasteiger partial charge in [-0.25, -0.2) is 4.79 Å². The van der Waals surface area contributed by atoms with Crippen molar-refractivity contribution in [1.29, 1.82) is 5.26 Å². The SMILES string of the molecule is CCOC(=O)C1=C(C)OC(N)=C(C#N)C1c1ccc(OCC(=O)Nc2ccccc2)c(OC)c1. The highest BCUT2D eigenvalue weighted by molar-refractivity contribution is 5.93. The fourth-order valence-electron chi connectivity index (χ4n) is 3.53. The van der Waals surface area contributed by atoms with E-state index < -0.39 is 11.9 Å². The number of nitrogens with two attached hydrogens (primary N) is 1. The number of amides is 1. The number of hydrogen-bond acceptors (Lipinski definition) is 8. The lowest BCUT2D eigenvalue weighted by atomic mass is 9.83. The summed E-state index contributed by atoms with van der Waals surface area (Å²) >= 11 is 0. The third-order valence-corrected chi connectivity index (χ3v) is 5.04. The van der Waals surface area contributed by atoms with E-state index >= 15 is 0 Å². The van der Waals surface area contributed by atoms with Crippen LogP contribution in [0.3, 0.4) is 0 Å². The van der Waals surface area contributed by atoms with Crippen LogP contribution in [0, 0.1) is 11.3 Å². The van der Waals surface area contributed by atoms with E-state index in [0.29, 0.717) is 22.7 Å². The van der Waals surface area contributed by atoms with Crippen LogP contribution in [0.2, 0.25) is 0 Å². The molecule has 0 spiro atoms. The van der Waals surface area contributed by atoms with Gasteiger partial charge in [0.15, 0.2) is 18.1 Å². The second-order valence-corrected chi connectivity index (χ2v) is 7.23. The Morgan fingerprint density at radius 2 is 1.91 bits per heavy atom. The monoisotopic (exact) mass is 463 g/mol. The Bertz CT molecular complexity index is 1180. The molecule has 0 saturated carbocycles. The predicted molar refractivity (Wildman–Crippen MR) is 124 cm³/mol. The number of esters is 1. The summed E-state index contributed by atoms with van der Waals surface area (Å²) in [5.74, 6) is -0.980. The zero-order valence-electron chi connectivity index (χ0n) is 19.1. The summed E-state index contributed by atoms with van der Waals surface area (Å²) in [4.78, 5) is 24.9. The lowest BCUT2D eigenvalue weighted by Crippen LogP contribution is -2.25. The van der Waals surface area contributed by atoms with Crippen LogP contribution in [0.15, 0.2) is 71.3 Å². The third-order valence-electron chi connectivity index (χ3n) is 5.04. The number of hydrogen-bond donors (Lipinski definition) is 2. The topological polar surface area (TPSA) is 133 Å². The van der Waals surface area contributed by atoms with Crippen LogP contribution < -0.4 is 20.5 Å². The molecule has 1 amide bonds. The molecule has 0 saturated heterocycles. The molecule has 176 valence electrons. The van der Waals surface area contributed by atoms with E-state index in [4.69, 9.17) is 24.7 Å². The standard InChI is InChI=1S/C25H25N3O6/c1-4-32-25(30)22-15(2)34-24(27)18(13-26)23(22)16-10-11-19(20(12-16)31-3)33-14-21(29)28-17-8-6-5-7-9-17/h5-12,23H,4,14,27H2,1-3H3,(H,28,29). The molecule has 9 heteroatoms. The van der Waals surface area contributed by atoms with E-state index in [0.717, 1.165) is 0 Å². The maximum absolute atomic E-state index is 12.7. The number of anilines is 1. The van der Waals surface area contributed by atoms with E-state index in [-0.39, 0.29) is 41.9 Å². The average molecular weight is 463 g/mol. The predicted octanol–water partition coefficient (Wildman–Crippen LogP) is 3.36. The van der Waals surface area contributed by atoms with E-state index in [9.17, 15) is 14.9 Å². The first-order chi connectivity index (χ1) is 16.4. The lowest BCUT2D eigenvalue weighted by Gasteiger charge is -2.27. The molecule has 2 aromatic rings. The van der Waals surface area contributed by atoms with Crippen molar-refractivity contribution in [2.24, 2.45) is 5.73 Å². The van der Waals surface area contributed by atoms with Gasteiger partial charge in [-0.05, 0) is 43.7 Å². The Labute approximate surface area is 197 Å². The smallest absolute Gasteiger partial charge is 0.338 e. The van der Waals surface area contributed by atoms with Gasteiger partial charge in [0.25, 0.3) is 5.91 Å². The first-order valence-electron chi connectivity index (χ1n) is 10.5. The summed E-state index contributed by atoms with van der Waals surface area (Å²) in [5, 5.41) is 12.4. The lowest BCUT2D eigenvalue weighted by molar-refractivity contribution is -0.139. The molecule has 34 heavy (non-hydrogen) atoms. The van der Waals surface area contributed by atoms with Gasteiger partial charge in [-0.2, -0.15) is 5.26 Å². The van der Waals surface area contributed by atoms with Crippen LogP contribution in [0.5, 0.6) is 11.5 Å². The summed E-state index contributed by atoms with van der Waals surface area (Å²) in [5.41, 5.74) is 7.38. The van der Waals surface area contributed by atoms with E-state index in [1.165, 1.54) is 7.11 Å². The van der Waals surface area contributed by atoms with Crippen molar-refractivity contribution in [1.82, 2.24) is 0 Å². The summed E-state index contributed by atoms with van der Waals surface area (Å²) in [7, 11) is 1.45. The van der Waals surface area contributed by atoms with Crippen LogP contribution in [0.25, 0.3) is 0 Å². The summed E-state index contributed by atoms with van der Waals surface area (Å²) < 4.78 is 21.7. The van der Waals surface area contributed by atoms with Crippen molar-refractivity contribution in [3.05, 3.63) is 76.9 Å². The number of nitrogens with one attached hydrogen (secondary N) is 1. The molecule has 0 aliphatic carbocycles. The second kappa shape index (κ2) is 10.9. The molecule has 9 nitrogen and oxygen atoms in total. The van der Waals surface area contributed by atoms with Gasteiger partial charge in [0.05, 0.1) is 25.2 Å². The van der Waals surface area contributed by atoms with Crippen molar-refractivity contribution < 1.29 is 28.5 Å². The number of nitriles is 1. The van der Waals surface area contributed by atoms with Crippen LogP contribution in [0.1, 0.15) is 25.3 Å². The zero-order valence-corrected chi connectivity index (χ0v) is 19.1. The number of para-hydroxylation sites is 1. The van der Waals surface area contributed by atoms with Crippen molar-refractivity contribution in [2.45, 2.75) is 19.8 Å². The second-order valence-electron chi connectivity index (χ2n) is 7.23. The number of allylic oxidation sites excluding steroid dienone is 2. The van der Waals surface area contributed by atoms with Crippen molar-refractivity contribution >= 4 is 17.6 Å². The number of methoxy groups -OCH3 is 1. The normalized spacial score (nSPS) is 15.2. The van der Waals surface area contributed by atoms with Crippen LogP contribution >= 0.6 is 0 Å². The van der Waals surface area contributed by atoms with Gasteiger partial charge >= 0.3 is 5.97 Å². The van der Waals surface area contributed by atoms with Crippen molar-refractivity contribution in [2.75, 3.05) is 25.6 Å². The molecular formula is C25H25N3O6. The molecule has 0 fully saturated rings. The van der Waals surface area contributed by atoms with Gasteiger partial charge in [-0.15, -0.1) is 0 Å². The molecule has 3 N–H and O–H groups in total. The molecule has 1 heterocycles. The number of nitrogens with zero attached hydrogens (tertiary/aromatic N) is 1. The molecule has 1 aliphatic rings. The van der Waals surface area contributed by atoms with Crippen molar-refractivity contribution in [3.8, 4) is 17.6 Å². The molecule has 1 unspecified atom stereocenters. The van der Waals surface area contributed by atoms with Crippen LogP contribution in [0.4, 0.5) is 5.69 Å². The van der Waals surface area contributed by atoms with Crippen LogP contribution in [-0.4, -0.2) is 32.2 Å². The summed E-state index contributed by atoms with van der Waals surface area (Å²) in [6.07, 6.45) is 0. The molecule has 1 aliphatic heterocycles. The highest BCUT2D eigenvalue weighted by Crippen LogP contribution is 2.42. The Hall–Kier alpha value is -4.45. The third kappa shape index (κ3) is 5.30. The Balaban J connectivity index is 1.87. The molecule has 0 bridgehead atoms. The van der Waals surface area contributed by atoms with Gasteiger partial charge in [-0.1, -0.05) is 24.3 Å². The maximum Gasteiger partial charge on any atom is 0.338 e. The minimum absolute atomic E-state index is 0.0756. The Morgan fingerprint density at radius 3 is 2.56 bits per heavy atom. The Morgan fingerprint density at radius 1 is 1.18 bits per heavy atom. The van der Waals surface area contributed by atoms with E-state index in [1.807, 2.05) is 24.3 Å². The van der Waals surface area contributed by atoms with Gasteiger partial charge in [-0.3, -0.25) is 4.79 Å². The fourth-order valence-corrected chi connectivity index (χ4v) is 3.53. The maximum atomic E-state index is 12.7. The number of ether oxygens (including phenoxy) is 4. The number of rotatable bonds is 8. The fraction of sp³-hybridized carbons (Fsp3) is 0.240. The summed E-state index contributed by atoms with van der Waals surface area (Å²) in [6, 6.07) is 15.9. The zero-order chi connectivity index (χ0) is 24.7. The number of carbonyl (C=O) groups is 2. The molecule has 1 atom stereocenters. The van der Waals surface area contributed by atoms with Gasteiger partial charge in [0.2, 0.25) is 5.88 Å². The summed E-state index contributed by atoms with van der Waals surface area (Å²) in [6.45, 7) is 3.18. The largest absolute Gasteiger partial charge is 0.493 e.